The molecule has 6 nitrogen and oxygen atoms in total. The van der Waals surface area contributed by atoms with Crippen LogP contribution < -0.4 is 10.2 Å². The standard InChI is InChI=1S/C27H26N2O4/c30-26(31)18-11-13-20(14-12-18)29-15-5-6-19(16-29)28-27(32)33-17-25-23-9-3-1-7-21(23)22-8-2-4-10-24(22)25/h1-4,7-14,19,25H,5-6,15-17H2,(H,28,32)(H,30,31)/t19-/m1/s1. The fraction of sp³-hybridized carbons (Fsp3) is 0.259. The summed E-state index contributed by atoms with van der Waals surface area (Å²) >= 11 is 0. The van der Waals surface area contributed by atoms with Crippen molar-refractivity contribution in [2.45, 2.75) is 24.8 Å². The molecule has 0 unspecified atom stereocenters. The molecule has 1 amide bonds. The number of fused-ring (bicyclic) bond motifs is 3. The second kappa shape index (κ2) is 8.98. The lowest BCUT2D eigenvalue weighted by Crippen LogP contribution is -2.48. The van der Waals surface area contributed by atoms with E-state index >= 15 is 0 Å². The van der Waals surface area contributed by atoms with E-state index in [1.807, 2.05) is 36.4 Å². The summed E-state index contributed by atoms with van der Waals surface area (Å²) in [5, 5.41) is 12.1. The van der Waals surface area contributed by atoms with Crippen LogP contribution in [0.4, 0.5) is 10.5 Å². The lowest BCUT2D eigenvalue weighted by molar-refractivity contribution is 0.0696. The van der Waals surface area contributed by atoms with Gasteiger partial charge in [0.2, 0.25) is 0 Å². The van der Waals surface area contributed by atoms with E-state index in [1.54, 1.807) is 12.1 Å². The number of nitrogens with zero attached hydrogens (tertiary/aromatic N) is 1. The summed E-state index contributed by atoms with van der Waals surface area (Å²) in [6.45, 7) is 1.83. The predicted octanol–water partition coefficient (Wildman–Crippen LogP) is 4.89. The zero-order chi connectivity index (χ0) is 22.8. The fourth-order valence-electron chi connectivity index (χ4n) is 4.95. The molecule has 33 heavy (non-hydrogen) atoms. The van der Waals surface area contributed by atoms with Gasteiger partial charge in [-0.15, -0.1) is 0 Å². The molecule has 3 aromatic rings. The number of aromatic carboxylic acids is 1. The Morgan fingerprint density at radius 2 is 1.58 bits per heavy atom. The molecule has 2 N–H and O–H groups in total. The molecule has 1 atom stereocenters. The van der Waals surface area contributed by atoms with Gasteiger partial charge in [0.25, 0.3) is 0 Å². The van der Waals surface area contributed by atoms with Crippen LogP contribution in [0.1, 0.15) is 40.2 Å². The van der Waals surface area contributed by atoms with Crippen LogP contribution in [-0.2, 0) is 4.74 Å². The Morgan fingerprint density at radius 3 is 2.21 bits per heavy atom. The number of anilines is 1. The van der Waals surface area contributed by atoms with Gasteiger partial charge in [-0.1, -0.05) is 48.5 Å². The number of hydrogen-bond donors (Lipinski definition) is 2. The molecular formula is C27H26N2O4. The zero-order valence-electron chi connectivity index (χ0n) is 18.2. The van der Waals surface area contributed by atoms with Gasteiger partial charge in [-0.3, -0.25) is 0 Å². The van der Waals surface area contributed by atoms with Crippen LogP contribution in [0.15, 0.2) is 72.8 Å². The number of carbonyl (C=O) groups excluding carboxylic acids is 1. The van der Waals surface area contributed by atoms with Crippen molar-refractivity contribution in [3.63, 3.8) is 0 Å². The summed E-state index contributed by atoms with van der Waals surface area (Å²) in [5.74, 6) is -0.895. The fourth-order valence-corrected chi connectivity index (χ4v) is 4.95. The molecule has 0 bridgehead atoms. The van der Waals surface area contributed by atoms with Crippen molar-refractivity contribution in [2.24, 2.45) is 0 Å². The quantitative estimate of drug-likeness (QED) is 0.588. The number of carboxylic acids is 1. The summed E-state index contributed by atoms with van der Waals surface area (Å²) in [7, 11) is 0. The molecule has 3 aromatic carbocycles. The van der Waals surface area contributed by atoms with E-state index < -0.39 is 12.1 Å². The maximum absolute atomic E-state index is 12.6. The molecule has 168 valence electrons. The highest BCUT2D eigenvalue weighted by Gasteiger charge is 2.29. The van der Waals surface area contributed by atoms with E-state index in [4.69, 9.17) is 9.84 Å². The molecule has 0 spiro atoms. The van der Waals surface area contributed by atoms with Crippen LogP contribution in [0.5, 0.6) is 0 Å². The lowest BCUT2D eigenvalue weighted by atomic mass is 9.98. The van der Waals surface area contributed by atoms with Crippen LogP contribution in [-0.4, -0.2) is 42.9 Å². The van der Waals surface area contributed by atoms with Crippen molar-refractivity contribution in [1.82, 2.24) is 5.32 Å². The van der Waals surface area contributed by atoms with Gasteiger partial charge in [0.1, 0.15) is 6.61 Å². The van der Waals surface area contributed by atoms with Crippen LogP contribution in [0.2, 0.25) is 0 Å². The van der Waals surface area contributed by atoms with Gasteiger partial charge in [0.05, 0.1) is 5.56 Å². The third kappa shape index (κ3) is 4.29. The van der Waals surface area contributed by atoms with Crippen molar-refractivity contribution in [2.75, 3.05) is 24.6 Å². The number of piperidine rings is 1. The predicted molar refractivity (Wildman–Crippen MR) is 127 cm³/mol. The second-order valence-electron chi connectivity index (χ2n) is 8.61. The third-order valence-electron chi connectivity index (χ3n) is 6.57. The highest BCUT2D eigenvalue weighted by Crippen LogP contribution is 2.44. The van der Waals surface area contributed by atoms with E-state index in [-0.39, 0.29) is 17.5 Å². The Kier molecular flexibility index (Phi) is 5.73. The number of carbonyl (C=O) groups is 2. The molecule has 0 radical (unpaired) electrons. The number of hydrogen-bond acceptors (Lipinski definition) is 4. The van der Waals surface area contributed by atoms with E-state index in [1.165, 1.54) is 22.3 Å². The number of carboxylic acid groups (broad SMARTS) is 1. The third-order valence-corrected chi connectivity index (χ3v) is 6.57. The molecular weight excluding hydrogens is 416 g/mol. The number of rotatable bonds is 5. The van der Waals surface area contributed by atoms with Crippen molar-refractivity contribution >= 4 is 17.7 Å². The van der Waals surface area contributed by atoms with Gasteiger partial charge in [0, 0.05) is 30.7 Å². The van der Waals surface area contributed by atoms with E-state index in [9.17, 15) is 9.59 Å². The minimum atomic E-state index is -0.935. The molecule has 0 saturated carbocycles. The number of ether oxygens (including phenoxy) is 1. The minimum absolute atomic E-state index is 0.0199. The van der Waals surface area contributed by atoms with E-state index in [2.05, 4.69) is 34.5 Å². The molecule has 5 rings (SSSR count). The highest BCUT2D eigenvalue weighted by molar-refractivity contribution is 5.88. The van der Waals surface area contributed by atoms with Crippen molar-refractivity contribution in [3.8, 4) is 11.1 Å². The molecule has 0 aromatic heterocycles. The molecule has 1 aliphatic heterocycles. The van der Waals surface area contributed by atoms with Crippen LogP contribution in [0.25, 0.3) is 11.1 Å². The Bertz CT molecular complexity index is 1130. The van der Waals surface area contributed by atoms with Gasteiger partial charge in [-0.2, -0.15) is 0 Å². The molecule has 1 saturated heterocycles. The summed E-state index contributed by atoms with van der Waals surface area (Å²) in [6.07, 6.45) is 1.42. The monoisotopic (exact) mass is 442 g/mol. The maximum atomic E-state index is 12.6. The van der Waals surface area contributed by atoms with Crippen LogP contribution >= 0.6 is 0 Å². The molecule has 1 heterocycles. The van der Waals surface area contributed by atoms with Crippen molar-refractivity contribution in [3.05, 3.63) is 89.5 Å². The molecule has 6 heteroatoms. The average Bonchev–Trinajstić information content (AvgIpc) is 3.17. The topological polar surface area (TPSA) is 78.9 Å². The van der Waals surface area contributed by atoms with Gasteiger partial charge < -0.3 is 20.1 Å². The van der Waals surface area contributed by atoms with Crippen molar-refractivity contribution < 1.29 is 19.4 Å². The van der Waals surface area contributed by atoms with E-state index in [0.717, 1.165) is 25.1 Å². The van der Waals surface area contributed by atoms with Crippen LogP contribution in [0.3, 0.4) is 0 Å². The largest absolute Gasteiger partial charge is 0.478 e. The summed E-state index contributed by atoms with van der Waals surface area (Å²) in [5.41, 5.74) is 6.03. The number of nitrogens with one attached hydrogen (secondary N) is 1. The minimum Gasteiger partial charge on any atom is -0.478 e. The summed E-state index contributed by atoms with van der Waals surface area (Å²) < 4.78 is 5.69. The first-order valence-electron chi connectivity index (χ1n) is 11.3. The normalized spacial score (nSPS) is 17.2. The molecule has 1 fully saturated rings. The van der Waals surface area contributed by atoms with Crippen molar-refractivity contribution in [1.29, 1.82) is 0 Å². The first-order chi connectivity index (χ1) is 16.1. The van der Waals surface area contributed by atoms with Crippen LogP contribution in [0, 0.1) is 0 Å². The number of alkyl carbamates (subject to hydrolysis) is 1. The summed E-state index contributed by atoms with van der Waals surface area (Å²) in [4.78, 5) is 25.9. The Morgan fingerprint density at radius 1 is 0.939 bits per heavy atom. The number of amides is 1. The lowest BCUT2D eigenvalue weighted by Gasteiger charge is -2.34. The summed E-state index contributed by atoms with van der Waals surface area (Å²) in [6, 6.07) is 23.4. The SMILES string of the molecule is O=C(N[C@@H]1CCCN(c2ccc(C(=O)O)cc2)C1)OCC1c2ccccc2-c2ccccc21. The zero-order valence-corrected chi connectivity index (χ0v) is 18.2. The van der Waals surface area contributed by atoms with Gasteiger partial charge in [0.15, 0.2) is 0 Å². The van der Waals surface area contributed by atoms with Gasteiger partial charge in [-0.05, 0) is 59.4 Å². The van der Waals surface area contributed by atoms with Gasteiger partial charge in [-0.25, -0.2) is 9.59 Å². The Balaban J connectivity index is 1.20. The van der Waals surface area contributed by atoms with Gasteiger partial charge >= 0.3 is 12.1 Å². The first-order valence-corrected chi connectivity index (χ1v) is 11.3. The first kappa shape index (κ1) is 21.1. The molecule has 1 aliphatic carbocycles. The number of benzene rings is 3. The van der Waals surface area contributed by atoms with E-state index in [0.29, 0.717) is 13.2 Å². The Labute approximate surface area is 192 Å². The highest BCUT2D eigenvalue weighted by atomic mass is 16.5. The molecule has 2 aliphatic rings. The second-order valence-corrected chi connectivity index (χ2v) is 8.61. The average molecular weight is 443 g/mol. The maximum Gasteiger partial charge on any atom is 0.407 e. The smallest absolute Gasteiger partial charge is 0.407 e. The Hall–Kier alpha value is -3.80.